The van der Waals surface area contributed by atoms with Crippen molar-refractivity contribution in [2.75, 3.05) is 19.6 Å². The highest BCUT2D eigenvalue weighted by Gasteiger charge is 2.26. The highest BCUT2D eigenvalue weighted by molar-refractivity contribution is 6.35. The van der Waals surface area contributed by atoms with Gasteiger partial charge in [0.2, 0.25) is 0 Å². The first-order valence-electron chi connectivity index (χ1n) is 9.55. The Morgan fingerprint density at radius 3 is 2.37 bits per heavy atom. The molecule has 2 unspecified atom stereocenters. The summed E-state index contributed by atoms with van der Waals surface area (Å²) < 4.78 is 2.08. The Bertz CT molecular complexity index is 765. The molecule has 6 nitrogen and oxygen atoms in total. The lowest BCUT2D eigenvalue weighted by Gasteiger charge is -2.28. The van der Waals surface area contributed by atoms with Gasteiger partial charge < -0.3 is 15.2 Å². The van der Waals surface area contributed by atoms with Gasteiger partial charge in [-0.2, -0.15) is 0 Å². The fourth-order valence-corrected chi connectivity index (χ4v) is 3.65. The van der Waals surface area contributed by atoms with Crippen molar-refractivity contribution >= 4 is 11.8 Å². The van der Waals surface area contributed by atoms with Crippen molar-refractivity contribution in [1.82, 2.24) is 20.1 Å². The second kappa shape index (κ2) is 8.86. The van der Waals surface area contributed by atoms with Crippen molar-refractivity contribution in [3.05, 3.63) is 59.9 Å². The standard InChI is InChI=1S/C21H28N4O2/c1-16(17-9-4-3-5-10-17)23-21(27)20(26)22-15-19(25-13-6-7-14-25)18-11-8-12-24(18)2/h3-5,8-12,16,19H,6-7,13-15H2,1-2H3,(H,22,26)(H,23,27). The lowest BCUT2D eigenvalue weighted by Crippen LogP contribution is -2.44. The molecule has 0 spiro atoms. The minimum absolute atomic E-state index is 0.0794. The first-order valence-corrected chi connectivity index (χ1v) is 9.55. The molecule has 1 aromatic heterocycles. The van der Waals surface area contributed by atoms with Crippen LogP contribution in [-0.2, 0) is 16.6 Å². The van der Waals surface area contributed by atoms with Crippen LogP contribution in [0, 0.1) is 0 Å². The Balaban J connectivity index is 1.58. The topological polar surface area (TPSA) is 66.4 Å². The summed E-state index contributed by atoms with van der Waals surface area (Å²) in [5.41, 5.74) is 2.12. The van der Waals surface area contributed by atoms with Gasteiger partial charge in [0.05, 0.1) is 12.1 Å². The smallest absolute Gasteiger partial charge is 0.309 e. The largest absolute Gasteiger partial charge is 0.353 e. The van der Waals surface area contributed by atoms with Crippen LogP contribution in [0.2, 0.25) is 0 Å². The van der Waals surface area contributed by atoms with E-state index < -0.39 is 11.8 Å². The summed E-state index contributed by atoms with van der Waals surface area (Å²) in [6.07, 6.45) is 4.35. The maximum absolute atomic E-state index is 12.3. The number of aryl methyl sites for hydroxylation is 1. The molecule has 1 saturated heterocycles. The minimum atomic E-state index is -0.599. The quantitative estimate of drug-likeness (QED) is 0.768. The average molecular weight is 368 g/mol. The van der Waals surface area contributed by atoms with Crippen LogP contribution in [0.3, 0.4) is 0 Å². The van der Waals surface area contributed by atoms with Gasteiger partial charge in [0.25, 0.3) is 0 Å². The molecule has 27 heavy (non-hydrogen) atoms. The van der Waals surface area contributed by atoms with E-state index in [1.54, 1.807) is 0 Å². The van der Waals surface area contributed by atoms with E-state index in [9.17, 15) is 9.59 Å². The Hall–Kier alpha value is -2.60. The monoisotopic (exact) mass is 368 g/mol. The number of hydrogen-bond acceptors (Lipinski definition) is 3. The molecule has 1 aromatic carbocycles. The average Bonchev–Trinajstić information content (AvgIpc) is 3.35. The predicted octanol–water partition coefficient (Wildman–Crippen LogP) is 2.16. The first kappa shape index (κ1) is 19.2. The molecule has 0 aliphatic carbocycles. The summed E-state index contributed by atoms with van der Waals surface area (Å²) in [6, 6.07) is 13.6. The lowest BCUT2D eigenvalue weighted by molar-refractivity contribution is -0.139. The third kappa shape index (κ3) is 4.77. The van der Waals surface area contributed by atoms with Crippen LogP contribution in [0.1, 0.15) is 43.1 Å². The van der Waals surface area contributed by atoms with Gasteiger partial charge in [-0.25, -0.2) is 0 Å². The van der Waals surface area contributed by atoms with Crippen molar-refractivity contribution < 1.29 is 9.59 Å². The van der Waals surface area contributed by atoms with E-state index in [1.807, 2.05) is 56.6 Å². The van der Waals surface area contributed by atoms with Crippen LogP contribution in [-0.4, -0.2) is 40.9 Å². The Morgan fingerprint density at radius 1 is 1.04 bits per heavy atom. The second-order valence-electron chi connectivity index (χ2n) is 7.12. The van der Waals surface area contributed by atoms with Crippen LogP contribution in [0.25, 0.3) is 0 Å². The van der Waals surface area contributed by atoms with Gasteiger partial charge in [-0.15, -0.1) is 0 Å². The summed E-state index contributed by atoms with van der Waals surface area (Å²) in [4.78, 5) is 27.0. The summed E-state index contributed by atoms with van der Waals surface area (Å²) in [7, 11) is 2.01. The summed E-state index contributed by atoms with van der Waals surface area (Å²) in [5.74, 6) is -1.19. The van der Waals surface area contributed by atoms with Gasteiger partial charge in [-0.1, -0.05) is 30.3 Å². The molecule has 1 aliphatic heterocycles. The fraction of sp³-hybridized carbons (Fsp3) is 0.429. The molecule has 144 valence electrons. The maximum atomic E-state index is 12.3. The molecule has 2 aromatic rings. The molecule has 2 N–H and O–H groups in total. The number of amides is 2. The third-order valence-electron chi connectivity index (χ3n) is 5.22. The zero-order chi connectivity index (χ0) is 19.2. The van der Waals surface area contributed by atoms with E-state index in [-0.39, 0.29) is 12.1 Å². The first-order chi connectivity index (χ1) is 13.1. The Kier molecular flexibility index (Phi) is 6.29. The van der Waals surface area contributed by atoms with Crippen molar-refractivity contribution in [2.45, 2.75) is 31.8 Å². The van der Waals surface area contributed by atoms with Gasteiger partial charge in [0, 0.05) is 25.5 Å². The molecule has 2 atom stereocenters. The number of nitrogens with zero attached hydrogens (tertiary/aromatic N) is 2. The van der Waals surface area contributed by atoms with Gasteiger partial charge in [0.1, 0.15) is 0 Å². The number of nitrogens with one attached hydrogen (secondary N) is 2. The van der Waals surface area contributed by atoms with Crippen molar-refractivity contribution in [3.8, 4) is 0 Å². The Labute approximate surface area is 160 Å². The summed E-state index contributed by atoms with van der Waals surface area (Å²) >= 11 is 0. The van der Waals surface area contributed by atoms with Gasteiger partial charge >= 0.3 is 11.8 Å². The van der Waals surface area contributed by atoms with E-state index in [4.69, 9.17) is 0 Å². The van der Waals surface area contributed by atoms with Crippen LogP contribution in [0.4, 0.5) is 0 Å². The number of hydrogen-bond donors (Lipinski definition) is 2. The Morgan fingerprint density at radius 2 is 1.74 bits per heavy atom. The van der Waals surface area contributed by atoms with Crippen LogP contribution in [0.15, 0.2) is 48.7 Å². The zero-order valence-electron chi connectivity index (χ0n) is 16.0. The third-order valence-corrected chi connectivity index (χ3v) is 5.22. The normalized spacial score (nSPS) is 16.7. The van der Waals surface area contributed by atoms with Crippen LogP contribution >= 0.6 is 0 Å². The number of rotatable bonds is 6. The van der Waals surface area contributed by atoms with E-state index in [0.717, 1.165) is 24.3 Å². The number of likely N-dealkylation sites (tertiary alicyclic amines) is 1. The zero-order valence-corrected chi connectivity index (χ0v) is 16.0. The highest BCUT2D eigenvalue weighted by Crippen LogP contribution is 2.24. The highest BCUT2D eigenvalue weighted by atomic mass is 16.2. The summed E-state index contributed by atoms with van der Waals surface area (Å²) in [6.45, 7) is 4.33. The molecule has 1 fully saturated rings. The number of benzene rings is 1. The van der Waals surface area contributed by atoms with Crippen LogP contribution in [0.5, 0.6) is 0 Å². The SMILES string of the molecule is CC(NC(=O)C(=O)NCC(c1cccn1C)N1CCCC1)c1ccccc1. The van der Waals surface area contributed by atoms with E-state index in [1.165, 1.54) is 12.8 Å². The van der Waals surface area contributed by atoms with Crippen molar-refractivity contribution in [3.63, 3.8) is 0 Å². The molecular weight excluding hydrogens is 340 g/mol. The fourth-order valence-electron chi connectivity index (χ4n) is 3.65. The lowest BCUT2D eigenvalue weighted by atomic mass is 10.1. The number of carbonyl (C=O) groups is 2. The molecule has 0 radical (unpaired) electrons. The van der Waals surface area contributed by atoms with E-state index >= 15 is 0 Å². The molecule has 0 saturated carbocycles. The molecule has 2 heterocycles. The van der Waals surface area contributed by atoms with Gasteiger partial charge in [0.15, 0.2) is 0 Å². The van der Waals surface area contributed by atoms with Gasteiger partial charge in [-0.05, 0) is 50.6 Å². The summed E-state index contributed by atoms with van der Waals surface area (Å²) in [5, 5.41) is 5.59. The van der Waals surface area contributed by atoms with E-state index in [2.05, 4.69) is 26.2 Å². The minimum Gasteiger partial charge on any atom is -0.353 e. The van der Waals surface area contributed by atoms with Crippen LogP contribution < -0.4 is 10.6 Å². The van der Waals surface area contributed by atoms with Crippen molar-refractivity contribution in [1.29, 1.82) is 0 Å². The van der Waals surface area contributed by atoms with Gasteiger partial charge in [-0.3, -0.25) is 14.5 Å². The molecule has 2 amide bonds. The molecule has 3 rings (SSSR count). The molecular formula is C21H28N4O2. The van der Waals surface area contributed by atoms with Crippen molar-refractivity contribution in [2.24, 2.45) is 7.05 Å². The number of aromatic nitrogens is 1. The van der Waals surface area contributed by atoms with E-state index in [0.29, 0.717) is 6.54 Å². The molecule has 6 heteroatoms. The second-order valence-corrected chi connectivity index (χ2v) is 7.12. The molecule has 1 aliphatic rings. The number of carbonyl (C=O) groups excluding carboxylic acids is 2. The maximum Gasteiger partial charge on any atom is 0.309 e. The molecule has 0 bridgehead atoms. The predicted molar refractivity (Wildman–Crippen MR) is 105 cm³/mol.